The van der Waals surface area contributed by atoms with E-state index in [0.717, 1.165) is 37.1 Å². The van der Waals surface area contributed by atoms with Gasteiger partial charge in [0.05, 0.1) is 0 Å². The minimum atomic E-state index is -0.139. The molecule has 1 amide bonds. The first kappa shape index (κ1) is 13.4. The van der Waals surface area contributed by atoms with Gasteiger partial charge in [-0.15, -0.1) is 0 Å². The van der Waals surface area contributed by atoms with E-state index in [1.54, 1.807) is 11.0 Å². The summed E-state index contributed by atoms with van der Waals surface area (Å²) >= 11 is 0. The summed E-state index contributed by atoms with van der Waals surface area (Å²) < 4.78 is 0. The van der Waals surface area contributed by atoms with E-state index >= 15 is 0 Å². The standard InChI is InChI=1S/C16H18N2O/c1-12-5-6-14(13(2)9-12)10-15(11-17)16(19)18-7-3-4-8-18/h5-6,9-10H,3-4,7-8H2,1-2H3/b15-10-. The second-order valence-electron chi connectivity index (χ2n) is 5.03. The quantitative estimate of drug-likeness (QED) is 0.601. The van der Waals surface area contributed by atoms with E-state index in [0.29, 0.717) is 0 Å². The van der Waals surface area contributed by atoms with Gasteiger partial charge in [0.2, 0.25) is 0 Å². The number of nitriles is 1. The van der Waals surface area contributed by atoms with Crippen LogP contribution in [-0.4, -0.2) is 23.9 Å². The first-order valence-corrected chi connectivity index (χ1v) is 6.60. The lowest BCUT2D eigenvalue weighted by atomic mass is 10.0. The molecule has 0 bridgehead atoms. The molecular weight excluding hydrogens is 236 g/mol. The van der Waals surface area contributed by atoms with Crippen LogP contribution >= 0.6 is 0 Å². The molecule has 0 saturated carbocycles. The molecule has 0 aliphatic carbocycles. The van der Waals surface area contributed by atoms with Crippen molar-refractivity contribution in [1.82, 2.24) is 4.90 Å². The van der Waals surface area contributed by atoms with Gasteiger partial charge in [-0.3, -0.25) is 4.79 Å². The Morgan fingerprint density at radius 2 is 2.00 bits per heavy atom. The highest BCUT2D eigenvalue weighted by Crippen LogP contribution is 2.17. The van der Waals surface area contributed by atoms with Crippen LogP contribution in [0.2, 0.25) is 0 Å². The summed E-state index contributed by atoms with van der Waals surface area (Å²) in [5, 5.41) is 9.20. The van der Waals surface area contributed by atoms with Crippen LogP contribution in [0.3, 0.4) is 0 Å². The summed E-state index contributed by atoms with van der Waals surface area (Å²) in [7, 11) is 0. The third-order valence-electron chi connectivity index (χ3n) is 3.47. The normalized spacial score (nSPS) is 15.4. The fourth-order valence-electron chi connectivity index (χ4n) is 2.38. The van der Waals surface area contributed by atoms with E-state index in [9.17, 15) is 10.1 Å². The number of amides is 1. The molecule has 3 heteroatoms. The number of rotatable bonds is 2. The van der Waals surface area contributed by atoms with Crippen LogP contribution in [0.4, 0.5) is 0 Å². The second-order valence-corrected chi connectivity index (χ2v) is 5.03. The van der Waals surface area contributed by atoms with Crippen molar-refractivity contribution in [3.05, 3.63) is 40.5 Å². The van der Waals surface area contributed by atoms with Crippen LogP contribution < -0.4 is 0 Å². The SMILES string of the molecule is Cc1ccc(/C=C(/C#N)C(=O)N2CCCC2)c(C)c1. The topological polar surface area (TPSA) is 44.1 Å². The molecule has 1 aliphatic heterocycles. The molecule has 0 unspecified atom stereocenters. The number of hydrogen-bond acceptors (Lipinski definition) is 2. The molecule has 1 aliphatic rings. The van der Waals surface area contributed by atoms with Crippen LogP contribution in [0.15, 0.2) is 23.8 Å². The number of aryl methyl sites for hydroxylation is 2. The number of benzene rings is 1. The van der Waals surface area contributed by atoms with Crippen LogP contribution in [0.1, 0.15) is 29.5 Å². The van der Waals surface area contributed by atoms with Gasteiger partial charge in [0, 0.05) is 13.1 Å². The predicted octanol–water partition coefficient (Wildman–Crippen LogP) is 2.83. The molecule has 1 saturated heterocycles. The number of nitrogens with zero attached hydrogens (tertiary/aromatic N) is 2. The third kappa shape index (κ3) is 3.03. The monoisotopic (exact) mass is 254 g/mol. The predicted molar refractivity (Wildman–Crippen MR) is 75.3 cm³/mol. The van der Waals surface area contributed by atoms with Crippen LogP contribution in [0.5, 0.6) is 0 Å². The van der Waals surface area contributed by atoms with Crippen molar-refractivity contribution in [2.24, 2.45) is 0 Å². The zero-order valence-electron chi connectivity index (χ0n) is 11.4. The van der Waals surface area contributed by atoms with Crippen molar-refractivity contribution in [3.63, 3.8) is 0 Å². The highest BCUT2D eigenvalue weighted by molar-refractivity contribution is 6.01. The minimum absolute atomic E-state index is 0.139. The summed E-state index contributed by atoms with van der Waals surface area (Å²) in [6, 6.07) is 8.05. The van der Waals surface area contributed by atoms with E-state index in [4.69, 9.17) is 0 Å². The van der Waals surface area contributed by atoms with Gasteiger partial charge in [0.25, 0.3) is 5.91 Å². The average Bonchev–Trinajstić information content (AvgIpc) is 2.91. The van der Waals surface area contributed by atoms with Gasteiger partial charge in [-0.05, 0) is 43.9 Å². The Balaban J connectivity index is 2.28. The van der Waals surface area contributed by atoms with Crippen LogP contribution in [0, 0.1) is 25.2 Å². The van der Waals surface area contributed by atoms with Crippen molar-refractivity contribution in [1.29, 1.82) is 5.26 Å². The molecule has 1 aromatic carbocycles. The number of carbonyl (C=O) groups is 1. The first-order chi connectivity index (χ1) is 9.11. The molecule has 1 aromatic rings. The molecule has 98 valence electrons. The lowest BCUT2D eigenvalue weighted by Gasteiger charge is -2.14. The Labute approximate surface area is 114 Å². The Morgan fingerprint density at radius 3 is 2.58 bits per heavy atom. The fraction of sp³-hybridized carbons (Fsp3) is 0.375. The third-order valence-corrected chi connectivity index (χ3v) is 3.47. The maximum absolute atomic E-state index is 12.2. The molecule has 0 spiro atoms. The van der Waals surface area contributed by atoms with Crippen molar-refractivity contribution in [3.8, 4) is 6.07 Å². The van der Waals surface area contributed by atoms with Crippen molar-refractivity contribution < 1.29 is 4.79 Å². The molecule has 1 heterocycles. The molecular formula is C16H18N2O. The summed E-state index contributed by atoms with van der Waals surface area (Å²) in [6.07, 6.45) is 3.78. The average molecular weight is 254 g/mol. The molecule has 0 atom stereocenters. The van der Waals surface area contributed by atoms with Gasteiger partial charge in [-0.1, -0.05) is 23.8 Å². The molecule has 0 aromatic heterocycles. The molecule has 0 radical (unpaired) electrons. The van der Waals surface area contributed by atoms with Gasteiger partial charge in [-0.25, -0.2) is 0 Å². The molecule has 0 N–H and O–H groups in total. The van der Waals surface area contributed by atoms with Gasteiger partial charge in [-0.2, -0.15) is 5.26 Å². The molecule has 3 nitrogen and oxygen atoms in total. The van der Waals surface area contributed by atoms with E-state index in [1.807, 2.05) is 32.0 Å². The van der Waals surface area contributed by atoms with E-state index in [1.165, 1.54) is 5.56 Å². The largest absolute Gasteiger partial charge is 0.338 e. The summed E-state index contributed by atoms with van der Waals surface area (Å²) in [5.41, 5.74) is 3.43. The number of likely N-dealkylation sites (tertiary alicyclic amines) is 1. The smallest absolute Gasteiger partial charge is 0.264 e. The van der Waals surface area contributed by atoms with Crippen molar-refractivity contribution in [2.45, 2.75) is 26.7 Å². The maximum Gasteiger partial charge on any atom is 0.264 e. The fourth-order valence-corrected chi connectivity index (χ4v) is 2.38. The number of carbonyl (C=O) groups excluding carboxylic acids is 1. The second kappa shape index (κ2) is 5.71. The molecule has 19 heavy (non-hydrogen) atoms. The summed E-state index contributed by atoms with van der Waals surface area (Å²) in [6.45, 7) is 5.56. The van der Waals surface area contributed by atoms with Crippen LogP contribution in [-0.2, 0) is 4.79 Å². The van der Waals surface area contributed by atoms with E-state index < -0.39 is 0 Å². The summed E-state index contributed by atoms with van der Waals surface area (Å²) in [4.78, 5) is 14.0. The Bertz CT molecular complexity index is 561. The first-order valence-electron chi connectivity index (χ1n) is 6.60. The highest BCUT2D eigenvalue weighted by Gasteiger charge is 2.21. The van der Waals surface area contributed by atoms with Gasteiger partial charge < -0.3 is 4.90 Å². The Morgan fingerprint density at radius 1 is 1.32 bits per heavy atom. The Kier molecular flexibility index (Phi) is 4.01. The van der Waals surface area contributed by atoms with Crippen molar-refractivity contribution >= 4 is 12.0 Å². The Hall–Kier alpha value is -2.08. The number of hydrogen-bond donors (Lipinski definition) is 0. The zero-order chi connectivity index (χ0) is 13.8. The lowest BCUT2D eigenvalue weighted by molar-refractivity contribution is -0.125. The van der Waals surface area contributed by atoms with Gasteiger partial charge in [0.1, 0.15) is 11.6 Å². The maximum atomic E-state index is 12.2. The van der Waals surface area contributed by atoms with Crippen LogP contribution in [0.25, 0.3) is 6.08 Å². The lowest BCUT2D eigenvalue weighted by Crippen LogP contribution is -2.28. The zero-order valence-corrected chi connectivity index (χ0v) is 11.4. The van der Waals surface area contributed by atoms with Crippen molar-refractivity contribution in [2.75, 3.05) is 13.1 Å². The molecule has 1 fully saturated rings. The van der Waals surface area contributed by atoms with E-state index in [-0.39, 0.29) is 11.5 Å². The highest BCUT2D eigenvalue weighted by atomic mass is 16.2. The van der Waals surface area contributed by atoms with Gasteiger partial charge >= 0.3 is 0 Å². The summed E-state index contributed by atoms with van der Waals surface area (Å²) in [5.74, 6) is -0.139. The van der Waals surface area contributed by atoms with Gasteiger partial charge in [0.15, 0.2) is 0 Å². The minimum Gasteiger partial charge on any atom is -0.338 e. The van der Waals surface area contributed by atoms with E-state index in [2.05, 4.69) is 6.07 Å². The molecule has 2 rings (SSSR count).